The van der Waals surface area contributed by atoms with Crippen molar-refractivity contribution in [3.8, 4) is 5.75 Å². The van der Waals surface area contributed by atoms with Gasteiger partial charge in [-0.15, -0.1) is 0 Å². The molecule has 20 heavy (non-hydrogen) atoms. The lowest BCUT2D eigenvalue weighted by Crippen LogP contribution is -2.07. The Kier molecular flexibility index (Phi) is 4.04. The van der Waals surface area contributed by atoms with Crippen LogP contribution in [0, 0.1) is 25.5 Å². The third kappa shape index (κ3) is 2.65. The van der Waals surface area contributed by atoms with Crippen molar-refractivity contribution in [3.05, 3.63) is 64.2 Å². The molecule has 4 heteroatoms. The number of aliphatic hydroxyl groups is 1. The number of aliphatic hydroxyl groups excluding tert-OH is 1. The highest BCUT2D eigenvalue weighted by Gasteiger charge is 2.20. The third-order valence-electron chi connectivity index (χ3n) is 3.33. The molecule has 0 aliphatic carbocycles. The van der Waals surface area contributed by atoms with Gasteiger partial charge < -0.3 is 9.84 Å². The van der Waals surface area contributed by atoms with Gasteiger partial charge in [0.15, 0.2) is 0 Å². The molecule has 0 saturated carbocycles. The van der Waals surface area contributed by atoms with Crippen molar-refractivity contribution in [2.45, 2.75) is 20.0 Å². The number of benzene rings is 2. The maximum atomic E-state index is 14.0. The number of halogens is 2. The van der Waals surface area contributed by atoms with E-state index in [9.17, 15) is 13.9 Å². The first-order valence-corrected chi connectivity index (χ1v) is 6.22. The zero-order chi connectivity index (χ0) is 14.9. The molecule has 1 N–H and O–H groups in total. The van der Waals surface area contributed by atoms with E-state index in [1.54, 1.807) is 19.9 Å². The van der Waals surface area contributed by atoms with Crippen molar-refractivity contribution in [2.24, 2.45) is 0 Å². The fourth-order valence-corrected chi connectivity index (χ4v) is 2.37. The van der Waals surface area contributed by atoms with Crippen molar-refractivity contribution in [3.63, 3.8) is 0 Å². The molecule has 0 aromatic heterocycles. The van der Waals surface area contributed by atoms with Gasteiger partial charge in [-0.3, -0.25) is 0 Å². The van der Waals surface area contributed by atoms with Crippen molar-refractivity contribution < 1.29 is 18.6 Å². The van der Waals surface area contributed by atoms with Crippen molar-refractivity contribution >= 4 is 0 Å². The number of aryl methyl sites for hydroxylation is 2. The van der Waals surface area contributed by atoms with Crippen molar-refractivity contribution in [1.29, 1.82) is 0 Å². The summed E-state index contributed by atoms with van der Waals surface area (Å²) in [7, 11) is 1.44. The van der Waals surface area contributed by atoms with Gasteiger partial charge in [-0.05, 0) is 54.8 Å². The number of ether oxygens (including phenoxy) is 1. The Morgan fingerprint density at radius 2 is 1.65 bits per heavy atom. The topological polar surface area (TPSA) is 29.5 Å². The monoisotopic (exact) mass is 278 g/mol. The first-order chi connectivity index (χ1) is 9.43. The molecule has 0 radical (unpaired) electrons. The molecule has 0 fully saturated rings. The van der Waals surface area contributed by atoms with E-state index in [0.717, 1.165) is 0 Å². The first-order valence-electron chi connectivity index (χ1n) is 6.22. The third-order valence-corrected chi connectivity index (χ3v) is 3.33. The fraction of sp³-hybridized carbons (Fsp3) is 0.250. The molecule has 1 atom stereocenters. The van der Waals surface area contributed by atoms with Crippen LogP contribution >= 0.6 is 0 Å². The molecule has 2 aromatic rings. The Labute approximate surface area is 116 Å². The average molecular weight is 278 g/mol. The molecular weight excluding hydrogens is 262 g/mol. The number of hydrogen-bond donors (Lipinski definition) is 1. The molecule has 0 spiro atoms. The summed E-state index contributed by atoms with van der Waals surface area (Å²) < 4.78 is 32.2. The first kappa shape index (κ1) is 14.5. The summed E-state index contributed by atoms with van der Waals surface area (Å²) >= 11 is 0. The molecule has 0 heterocycles. The van der Waals surface area contributed by atoms with Crippen LogP contribution in [0.4, 0.5) is 8.78 Å². The summed E-state index contributed by atoms with van der Waals surface area (Å²) in [5, 5.41) is 10.4. The Bertz CT molecular complexity index is 615. The molecule has 0 aliphatic rings. The van der Waals surface area contributed by atoms with Crippen LogP contribution in [-0.4, -0.2) is 12.2 Å². The van der Waals surface area contributed by atoms with Gasteiger partial charge in [0.1, 0.15) is 23.5 Å². The van der Waals surface area contributed by atoms with Crippen LogP contribution in [0.5, 0.6) is 5.75 Å². The maximum absolute atomic E-state index is 14.0. The Hall–Kier alpha value is -1.94. The molecule has 2 rings (SSSR count). The lowest BCUT2D eigenvalue weighted by atomic mass is 9.93. The zero-order valence-corrected chi connectivity index (χ0v) is 11.6. The minimum Gasteiger partial charge on any atom is -0.497 e. The zero-order valence-electron chi connectivity index (χ0n) is 11.6. The predicted molar refractivity (Wildman–Crippen MR) is 72.9 cm³/mol. The van der Waals surface area contributed by atoms with E-state index >= 15 is 0 Å². The summed E-state index contributed by atoms with van der Waals surface area (Å²) in [6.07, 6.45) is -1.14. The second-order valence-electron chi connectivity index (χ2n) is 4.74. The summed E-state index contributed by atoms with van der Waals surface area (Å²) in [4.78, 5) is 0. The molecule has 1 unspecified atom stereocenters. The molecule has 2 aromatic carbocycles. The minimum atomic E-state index is -1.14. The van der Waals surface area contributed by atoms with Crippen LogP contribution in [-0.2, 0) is 0 Å². The van der Waals surface area contributed by atoms with Crippen LogP contribution in [0.1, 0.15) is 28.4 Å². The molecule has 106 valence electrons. The Morgan fingerprint density at radius 1 is 1.05 bits per heavy atom. The van der Waals surface area contributed by atoms with Crippen LogP contribution in [0.15, 0.2) is 30.3 Å². The van der Waals surface area contributed by atoms with Gasteiger partial charge in [0.05, 0.1) is 7.11 Å². The highest BCUT2D eigenvalue weighted by molar-refractivity contribution is 5.42. The molecular formula is C16H16F2O2. The lowest BCUT2D eigenvalue weighted by molar-refractivity contribution is 0.213. The van der Waals surface area contributed by atoms with E-state index in [0.29, 0.717) is 22.4 Å². The van der Waals surface area contributed by atoms with Crippen LogP contribution < -0.4 is 4.74 Å². The van der Waals surface area contributed by atoms with Crippen molar-refractivity contribution in [1.82, 2.24) is 0 Å². The highest BCUT2D eigenvalue weighted by atomic mass is 19.1. The van der Waals surface area contributed by atoms with E-state index in [-0.39, 0.29) is 11.4 Å². The quantitative estimate of drug-likeness (QED) is 0.928. The number of methoxy groups -OCH3 is 1. The van der Waals surface area contributed by atoms with E-state index in [1.807, 2.05) is 0 Å². The summed E-state index contributed by atoms with van der Waals surface area (Å²) in [5.41, 5.74) is 1.84. The van der Waals surface area contributed by atoms with Gasteiger partial charge in [0.2, 0.25) is 0 Å². The van der Waals surface area contributed by atoms with Crippen LogP contribution in [0.3, 0.4) is 0 Å². The van der Waals surface area contributed by atoms with Gasteiger partial charge in [-0.2, -0.15) is 0 Å². The Balaban J connectivity index is 2.49. The minimum absolute atomic E-state index is 0.142. The second kappa shape index (κ2) is 5.59. The number of rotatable bonds is 3. The van der Waals surface area contributed by atoms with Gasteiger partial charge in [-0.25, -0.2) is 8.78 Å². The van der Waals surface area contributed by atoms with E-state index < -0.39 is 11.9 Å². The van der Waals surface area contributed by atoms with Gasteiger partial charge >= 0.3 is 0 Å². The van der Waals surface area contributed by atoms with Gasteiger partial charge in [0.25, 0.3) is 0 Å². The van der Waals surface area contributed by atoms with Crippen LogP contribution in [0.2, 0.25) is 0 Å². The highest BCUT2D eigenvalue weighted by Crippen LogP contribution is 2.31. The number of hydrogen-bond acceptors (Lipinski definition) is 2. The van der Waals surface area contributed by atoms with Crippen LogP contribution in [0.25, 0.3) is 0 Å². The Morgan fingerprint density at radius 3 is 2.15 bits per heavy atom. The fourth-order valence-electron chi connectivity index (χ4n) is 2.37. The molecule has 0 bridgehead atoms. The molecule has 0 saturated heterocycles. The lowest BCUT2D eigenvalue weighted by Gasteiger charge is -2.18. The van der Waals surface area contributed by atoms with Crippen molar-refractivity contribution in [2.75, 3.05) is 7.11 Å². The SMILES string of the molecule is COc1ccc(C(O)c2c(C)cc(F)cc2C)c(F)c1. The molecule has 0 amide bonds. The normalized spacial score (nSPS) is 12.3. The standard InChI is InChI=1S/C16H16F2O2/c1-9-6-11(17)7-10(2)15(9)16(19)13-5-4-12(20-3)8-14(13)18/h4-8,16,19H,1-3H3. The smallest absolute Gasteiger partial charge is 0.133 e. The van der Waals surface area contributed by atoms with Gasteiger partial charge in [-0.1, -0.05) is 0 Å². The largest absolute Gasteiger partial charge is 0.497 e. The second-order valence-corrected chi connectivity index (χ2v) is 4.74. The summed E-state index contributed by atoms with van der Waals surface area (Å²) in [5.74, 6) is -0.544. The predicted octanol–water partition coefficient (Wildman–Crippen LogP) is 3.67. The summed E-state index contributed by atoms with van der Waals surface area (Å²) in [6.45, 7) is 3.38. The van der Waals surface area contributed by atoms with E-state index in [2.05, 4.69) is 0 Å². The van der Waals surface area contributed by atoms with E-state index in [4.69, 9.17) is 4.74 Å². The van der Waals surface area contributed by atoms with Gasteiger partial charge in [0, 0.05) is 11.6 Å². The molecule has 2 nitrogen and oxygen atoms in total. The summed E-state index contributed by atoms with van der Waals surface area (Å²) in [6, 6.07) is 6.92. The average Bonchev–Trinajstić information content (AvgIpc) is 2.37. The van der Waals surface area contributed by atoms with E-state index in [1.165, 1.54) is 31.4 Å². The maximum Gasteiger partial charge on any atom is 0.133 e. The molecule has 0 aliphatic heterocycles.